The van der Waals surface area contributed by atoms with Crippen LogP contribution in [-0.2, 0) is 11.3 Å². The van der Waals surface area contributed by atoms with Crippen LogP contribution < -0.4 is 5.32 Å². The highest BCUT2D eigenvalue weighted by Crippen LogP contribution is 2.34. The maximum absolute atomic E-state index is 12.1. The van der Waals surface area contributed by atoms with Crippen LogP contribution in [0, 0.1) is 18.8 Å². The molecule has 0 spiro atoms. The Kier molecular flexibility index (Phi) is 4.72. The Morgan fingerprint density at radius 3 is 3.04 bits per heavy atom. The first kappa shape index (κ1) is 16.3. The zero-order valence-corrected chi connectivity index (χ0v) is 15.4. The van der Waals surface area contributed by atoms with Crippen molar-refractivity contribution in [1.29, 1.82) is 0 Å². The number of aryl methyl sites for hydroxylation is 1. The molecule has 2 aliphatic heterocycles. The summed E-state index contributed by atoms with van der Waals surface area (Å²) in [6, 6.07) is 4.06. The molecular weight excluding hydrogens is 340 g/mol. The minimum atomic E-state index is 0.0313. The van der Waals surface area contributed by atoms with Crippen molar-refractivity contribution in [3.63, 3.8) is 0 Å². The van der Waals surface area contributed by atoms with Crippen molar-refractivity contribution in [2.45, 2.75) is 19.6 Å². The van der Waals surface area contributed by atoms with E-state index in [4.69, 9.17) is 4.74 Å². The Bertz CT molecular complexity index is 698. The summed E-state index contributed by atoms with van der Waals surface area (Å²) in [5.41, 5.74) is 2.15. The maximum Gasteiger partial charge on any atom is 0.252 e. The summed E-state index contributed by atoms with van der Waals surface area (Å²) < 4.78 is 6.00. The van der Waals surface area contributed by atoms with Gasteiger partial charge in [-0.1, -0.05) is 0 Å². The molecule has 2 aromatic rings. The van der Waals surface area contributed by atoms with E-state index in [0.29, 0.717) is 24.5 Å². The summed E-state index contributed by atoms with van der Waals surface area (Å²) in [6.07, 6.45) is 0.327. The van der Waals surface area contributed by atoms with Crippen molar-refractivity contribution in [2.75, 3.05) is 26.2 Å². The smallest absolute Gasteiger partial charge is 0.252 e. The number of ether oxygens (including phenoxy) is 1. The van der Waals surface area contributed by atoms with Gasteiger partial charge in [0.15, 0.2) is 0 Å². The highest BCUT2D eigenvalue weighted by Gasteiger charge is 2.43. The molecule has 128 valence electrons. The molecule has 0 aromatic carbocycles. The van der Waals surface area contributed by atoms with Crippen LogP contribution >= 0.6 is 22.7 Å². The van der Waals surface area contributed by atoms with Gasteiger partial charge in [-0.05, 0) is 35.4 Å². The average Bonchev–Trinajstić information content (AvgIpc) is 3.32. The van der Waals surface area contributed by atoms with E-state index in [1.807, 2.05) is 28.2 Å². The van der Waals surface area contributed by atoms with E-state index < -0.39 is 0 Å². The first-order valence-electron chi connectivity index (χ1n) is 8.38. The largest absolute Gasteiger partial charge is 0.376 e. The normalized spacial score (nSPS) is 26.6. The van der Waals surface area contributed by atoms with E-state index in [1.165, 1.54) is 10.4 Å². The van der Waals surface area contributed by atoms with Crippen LogP contribution in [-0.4, -0.2) is 43.2 Å². The van der Waals surface area contributed by atoms with E-state index in [1.54, 1.807) is 11.3 Å². The summed E-state index contributed by atoms with van der Waals surface area (Å²) in [5, 5.41) is 9.08. The van der Waals surface area contributed by atoms with Crippen molar-refractivity contribution in [1.82, 2.24) is 10.2 Å². The molecule has 0 bridgehead atoms. The molecule has 0 radical (unpaired) electrons. The minimum absolute atomic E-state index is 0.0313. The Labute approximate surface area is 150 Å². The molecular formula is C18H22N2O2S2. The molecule has 0 aliphatic carbocycles. The molecule has 4 rings (SSSR count). The molecule has 1 amide bonds. The summed E-state index contributed by atoms with van der Waals surface area (Å²) in [4.78, 5) is 16.1. The van der Waals surface area contributed by atoms with Gasteiger partial charge >= 0.3 is 0 Å². The topological polar surface area (TPSA) is 41.6 Å². The summed E-state index contributed by atoms with van der Waals surface area (Å²) in [6.45, 7) is 6.76. The summed E-state index contributed by atoms with van der Waals surface area (Å²) in [5.74, 6) is 0.990. The Morgan fingerprint density at radius 1 is 1.38 bits per heavy atom. The highest BCUT2D eigenvalue weighted by atomic mass is 32.1. The lowest BCUT2D eigenvalue weighted by molar-refractivity contribution is 0.0904. The third-order valence-corrected chi connectivity index (χ3v) is 6.85. The third-order valence-electron chi connectivity index (χ3n) is 5.16. The second kappa shape index (κ2) is 6.96. The number of carbonyl (C=O) groups excluding carboxylic acids is 1. The Morgan fingerprint density at radius 2 is 2.29 bits per heavy atom. The highest BCUT2D eigenvalue weighted by molar-refractivity contribution is 7.10. The lowest BCUT2D eigenvalue weighted by Crippen LogP contribution is -2.34. The van der Waals surface area contributed by atoms with E-state index in [9.17, 15) is 4.79 Å². The van der Waals surface area contributed by atoms with Crippen molar-refractivity contribution in [3.8, 4) is 0 Å². The molecule has 2 aromatic heterocycles. The van der Waals surface area contributed by atoms with Gasteiger partial charge in [0.05, 0.1) is 12.7 Å². The van der Waals surface area contributed by atoms with Gasteiger partial charge in [-0.15, -0.1) is 11.3 Å². The second-order valence-corrected chi connectivity index (χ2v) is 8.52. The fraction of sp³-hybridized carbons (Fsp3) is 0.500. The van der Waals surface area contributed by atoms with Gasteiger partial charge in [-0.2, -0.15) is 11.3 Å². The predicted molar refractivity (Wildman–Crippen MR) is 97.7 cm³/mol. The molecule has 3 atom stereocenters. The van der Waals surface area contributed by atoms with Crippen LogP contribution in [0.3, 0.4) is 0 Å². The third kappa shape index (κ3) is 3.28. The molecule has 24 heavy (non-hydrogen) atoms. The zero-order chi connectivity index (χ0) is 16.5. The number of fused-ring (bicyclic) bond motifs is 1. The minimum Gasteiger partial charge on any atom is -0.376 e. The van der Waals surface area contributed by atoms with Crippen molar-refractivity contribution in [2.24, 2.45) is 11.8 Å². The van der Waals surface area contributed by atoms with Gasteiger partial charge in [-0.25, -0.2) is 0 Å². The second-order valence-electron chi connectivity index (χ2n) is 6.74. The molecule has 0 unspecified atom stereocenters. The molecule has 1 N–H and O–H groups in total. The quantitative estimate of drug-likeness (QED) is 0.889. The first-order chi connectivity index (χ1) is 11.7. The van der Waals surface area contributed by atoms with E-state index >= 15 is 0 Å². The van der Waals surface area contributed by atoms with Gasteiger partial charge in [-0.3, -0.25) is 9.69 Å². The van der Waals surface area contributed by atoms with Gasteiger partial charge in [0.1, 0.15) is 0 Å². The van der Waals surface area contributed by atoms with Crippen LogP contribution in [0.2, 0.25) is 0 Å². The van der Waals surface area contributed by atoms with Crippen LogP contribution in [0.1, 0.15) is 20.8 Å². The monoisotopic (exact) mass is 362 g/mol. The zero-order valence-electron chi connectivity index (χ0n) is 13.7. The summed E-state index contributed by atoms with van der Waals surface area (Å²) in [7, 11) is 0. The molecule has 2 fully saturated rings. The number of hydrogen-bond donors (Lipinski definition) is 1. The standard InChI is InChI=1S/C18H22N2O2S2/c1-12-2-5-24-17(12)9-20-7-15-14(10-22-16(15)8-20)6-19-18(21)13-3-4-23-11-13/h2-5,11,14-16H,6-10H2,1H3,(H,19,21)/t14-,15+,16+/m0/s1. The molecule has 4 nitrogen and oxygen atoms in total. The van der Waals surface area contributed by atoms with Crippen LogP contribution in [0.25, 0.3) is 0 Å². The summed E-state index contributed by atoms with van der Waals surface area (Å²) >= 11 is 3.39. The van der Waals surface area contributed by atoms with Crippen LogP contribution in [0.5, 0.6) is 0 Å². The number of rotatable bonds is 5. The van der Waals surface area contributed by atoms with Crippen LogP contribution in [0.4, 0.5) is 0 Å². The van der Waals surface area contributed by atoms with Crippen molar-refractivity contribution < 1.29 is 9.53 Å². The fourth-order valence-corrected chi connectivity index (χ4v) is 5.29. The van der Waals surface area contributed by atoms with Crippen molar-refractivity contribution >= 4 is 28.6 Å². The number of hydrogen-bond acceptors (Lipinski definition) is 5. The van der Waals surface area contributed by atoms with Crippen molar-refractivity contribution in [3.05, 3.63) is 44.3 Å². The number of amides is 1. The molecule has 4 heterocycles. The predicted octanol–water partition coefficient (Wildman–Crippen LogP) is 2.99. The maximum atomic E-state index is 12.1. The molecule has 0 saturated carbocycles. The SMILES string of the molecule is Cc1ccsc1CN1C[C@@H]2[C@@H](CNC(=O)c3ccsc3)CO[C@@H]2C1. The first-order valence-corrected chi connectivity index (χ1v) is 10.2. The Hall–Kier alpha value is -1.21. The van der Waals surface area contributed by atoms with Gasteiger partial charge in [0, 0.05) is 53.8 Å². The molecule has 6 heteroatoms. The molecule has 2 saturated heterocycles. The Balaban J connectivity index is 1.31. The lowest BCUT2D eigenvalue weighted by atomic mass is 9.93. The number of thiophene rings is 2. The number of likely N-dealkylation sites (tertiary alicyclic amines) is 1. The van der Waals surface area contributed by atoms with E-state index in [2.05, 4.69) is 28.6 Å². The fourth-order valence-electron chi connectivity index (χ4n) is 3.71. The molecule has 2 aliphatic rings. The number of nitrogens with one attached hydrogen (secondary N) is 1. The average molecular weight is 363 g/mol. The number of carbonyl (C=O) groups is 1. The van der Waals surface area contributed by atoms with E-state index in [0.717, 1.165) is 31.8 Å². The lowest BCUT2D eigenvalue weighted by Gasteiger charge is -2.19. The van der Waals surface area contributed by atoms with Gasteiger partial charge in [0.25, 0.3) is 5.91 Å². The van der Waals surface area contributed by atoms with Gasteiger partial charge < -0.3 is 10.1 Å². The van der Waals surface area contributed by atoms with E-state index in [-0.39, 0.29) is 5.91 Å². The number of nitrogens with zero attached hydrogens (tertiary/aromatic N) is 1. The van der Waals surface area contributed by atoms with Gasteiger partial charge in [0.2, 0.25) is 0 Å². The van der Waals surface area contributed by atoms with Crippen LogP contribution in [0.15, 0.2) is 28.3 Å².